The van der Waals surface area contributed by atoms with Crippen molar-refractivity contribution >= 4 is 11.6 Å². The molecule has 8 unspecified atom stereocenters. The molecule has 0 aromatic rings. The Morgan fingerprint density at radius 1 is 1.26 bits per heavy atom. The number of rotatable bonds is 3. The standard InChI is InChI=1S/C25H34O6/c1-22(2)30-20-12-17-16-6-5-14-11-15(27)7-9-23(14,3)21(16)18(28)13-24(17,4)25(20,31-22)19(29)8-10-26/h7,9,11,16-18,20-21,26,28H,5-6,8,10,12-13H2,1-4H3. The van der Waals surface area contributed by atoms with Crippen LogP contribution in [-0.4, -0.2) is 52.0 Å². The number of carbonyl (C=O) groups excluding carboxylic acids is 2. The molecule has 0 aromatic heterocycles. The zero-order chi connectivity index (χ0) is 22.4. The van der Waals surface area contributed by atoms with Crippen molar-refractivity contribution in [2.24, 2.45) is 28.6 Å². The Kier molecular flexibility index (Phi) is 4.57. The third-order valence-electron chi connectivity index (χ3n) is 9.24. The molecule has 1 aliphatic heterocycles. The quantitative estimate of drug-likeness (QED) is 0.715. The summed E-state index contributed by atoms with van der Waals surface area (Å²) in [6.45, 7) is 7.68. The van der Waals surface area contributed by atoms with E-state index in [9.17, 15) is 19.8 Å². The second kappa shape index (κ2) is 6.60. The van der Waals surface area contributed by atoms with E-state index in [1.54, 1.807) is 12.2 Å². The number of Topliss-reactive ketones (excluding diaryl/α,β-unsaturated/α-hetero) is 1. The van der Waals surface area contributed by atoms with E-state index in [4.69, 9.17) is 9.47 Å². The van der Waals surface area contributed by atoms with E-state index in [1.807, 2.05) is 19.9 Å². The molecule has 31 heavy (non-hydrogen) atoms. The first-order valence-corrected chi connectivity index (χ1v) is 11.6. The topological polar surface area (TPSA) is 93.1 Å². The van der Waals surface area contributed by atoms with Crippen LogP contribution in [0.4, 0.5) is 0 Å². The van der Waals surface area contributed by atoms with Crippen molar-refractivity contribution in [3.8, 4) is 0 Å². The van der Waals surface area contributed by atoms with Gasteiger partial charge in [0.15, 0.2) is 23.0 Å². The van der Waals surface area contributed by atoms with Gasteiger partial charge in [0.25, 0.3) is 0 Å². The summed E-state index contributed by atoms with van der Waals surface area (Å²) in [6.07, 6.45) is 7.26. The number of hydrogen-bond acceptors (Lipinski definition) is 6. The third kappa shape index (κ3) is 2.65. The fraction of sp³-hybridized carbons (Fsp3) is 0.760. The third-order valence-corrected chi connectivity index (χ3v) is 9.24. The van der Waals surface area contributed by atoms with Gasteiger partial charge in [0.05, 0.1) is 18.8 Å². The second-order valence-corrected chi connectivity index (χ2v) is 11.2. The molecule has 8 atom stereocenters. The van der Waals surface area contributed by atoms with Crippen LogP contribution in [0, 0.1) is 28.6 Å². The van der Waals surface area contributed by atoms with Crippen molar-refractivity contribution in [2.75, 3.05) is 6.61 Å². The maximum atomic E-state index is 13.5. The average molecular weight is 431 g/mol. The molecule has 0 radical (unpaired) electrons. The Hall–Kier alpha value is -1.34. The van der Waals surface area contributed by atoms with Gasteiger partial charge < -0.3 is 19.7 Å². The van der Waals surface area contributed by atoms with Crippen molar-refractivity contribution in [1.29, 1.82) is 0 Å². The zero-order valence-electron chi connectivity index (χ0n) is 18.9. The van der Waals surface area contributed by atoms with Gasteiger partial charge in [0.2, 0.25) is 0 Å². The molecule has 5 rings (SSSR count). The molecule has 6 heteroatoms. The van der Waals surface area contributed by atoms with E-state index in [0.29, 0.717) is 12.8 Å². The van der Waals surface area contributed by atoms with Gasteiger partial charge in [-0.15, -0.1) is 0 Å². The van der Waals surface area contributed by atoms with Crippen LogP contribution < -0.4 is 0 Å². The number of allylic oxidation sites excluding steroid dienone is 4. The number of ketones is 2. The van der Waals surface area contributed by atoms with Gasteiger partial charge in [-0.3, -0.25) is 9.59 Å². The van der Waals surface area contributed by atoms with Gasteiger partial charge in [0.1, 0.15) is 0 Å². The molecule has 1 saturated heterocycles. The lowest BCUT2D eigenvalue weighted by Gasteiger charge is -2.60. The number of ether oxygens (including phenoxy) is 2. The number of hydrogen-bond donors (Lipinski definition) is 2. The van der Waals surface area contributed by atoms with E-state index in [-0.39, 0.29) is 53.9 Å². The highest BCUT2D eigenvalue weighted by atomic mass is 16.8. The Balaban J connectivity index is 1.58. The SMILES string of the molecule is CC1(C)OC2CC3C4CCC5=CC(=O)C=CC5(C)C4C(O)CC3(C)C2(C(=O)CCO)O1. The van der Waals surface area contributed by atoms with Crippen LogP contribution >= 0.6 is 0 Å². The minimum atomic E-state index is -1.15. The lowest BCUT2D eigenvalue weighted by molar-refractivity contribution is -0.224. The molecule has 0 spiro atoms. The molecule has 5 aliphatic rings. The van der Waals surface area contributed by atoms with Crippen molar-refractivity contribution in [3.63, 3.8) is 0 Å². The van der Waals surface area contributed by atoms with Gasteiger partial charge in [0, 0.05) is 23.2 Å². The van der Waals surface area contributed by atoms with Crippen LogP contribution in [0.25, 0.3) is 0 Å². The summed E-state index contributed by atoms with van der Waals surface area (Å²) in [5.41, 5.74) is -0.963. The lowest BCUT2D eigenvalue weighted by atomic mass is 9.46. The molecule has 3 saturated carbocycles. The summed E-state index contributed by atoms with van der Waals surface area (Å²) in [6, 6.07) is 0. The molecule has 6 nitrogen and oxygen atoms in total. The van der Waals surface area contributed by atoms with E-state index < -0.39 is 22.9 Å². The molecule has 2 N–H and O–H groups in total. The van der Waals surface area contributed by atoms with Crippen molar-refractivity contribution in [1.82, 2.24) is 0 Å². The Morgan fingerprint density at radius 2 is 2.00 bits per heavy atom. The van der Waals surface area contributed by atoms with Crippen molar-refractivity contribution < 1.29 is 29.3 Å². The van der Waals surface area contributed by atoms with Crippen molar-refractivity contribution in [3.05, 3.63) is 23.8 Å². The molecule has 4 aliphatic carbocycles. The van der Waals surface area contributed by atoms with Gasteiger partial charge >= 0.3 is 0 Å². The Bertz CT molecular complexity index is 888. The summed E-state index contributed by atoms with van der Waals surface area (Å²) < 4.78 is 12.7. The maximum absolute atomic E-state index is 13.5. The minimum absolute atomic E-state index is 0.00763. The van der Waals surface area contributed by atoms with E-state index >= 15 is 0 Å². The lowest BCUT2D eigenvalue weighted by Crippen LogP contribution is -2.63. The van der Waals surface area contributed by atoms with Crippen LogP contribution in [0.3, 0.4) is 0 Å². The average Bonchev–Trinajstić information content (AvgIpc) is 3.08. The molecule has 1 heterocycles. The van der Waals surface area contributed by atoms with Crippen molar-refractivity contribution in [2.45, 2.75) is 83.4 Å². The summed E-state index contributed by atoms with van der Waals surface area (Å²) in [5.74, 6) is -0.623. The van der Waals surface area contributed by atoms with Crippen LogP contribution in [-0.2, 0) is 19.1 Å². The normalized spacial score (nSPS) is 49.7. The molecule has 0 aromatic carbocycles. The molecular formula is C25H34O6. The van der Waals surface area contributed by atoms with E-state index in [1.165, 1.54) is 0 Å². The molecule has 0 amide bonds. The smallest absolute Gasteiger partial charge is 0.178 e. The van der Waals surface area contributed by atoms with E-state index in [2.05, 4.69) is 13.8 Å². The second-order valence-electron chi connectivity index (χ2n) is 11.2. The maximum Gasteiger partial charge on any atom is 0.178 e. The summed E-state index contributed by atoms with van der Waals surface area (Å²) in [4.78, 5) is 25.5. The zero-order valence-corrected chi connectivity index (χ0v) is 18.9. The highest BCUT2D eigenvalue weighted by Gasteiger charge is 2.76. The van der Waals surface area contributed by atoms with Gasteiger partial charge in [-0.05, 0) is 63.5 Å². The molecule has 4 fully saturated rings. The fourth-order valence-electron chi connectivity index (χ4n) is 8.21. The predicted octanol–water partition coefficient (Wildman–Crippen LogP) is 2.72. The first kappa shape index (κ1) is 21.5. The first-order chi connectivity index (χ1) is 14.5. The summed E-state index contributed by atoms with van der Waals surface area (Å²) in [7, 11) is 0. The minimum Gasteiger partial charge on any atom is -0.396 e. The Labute approximate surface area is 183 Å². The molecule has 0 bridgehead atoms. The Morgan fingerprint density at radius 3 is 2.71 bits per heavy atom. The first-order valence-electron chi connectivity index (χ1n) is 11.6. The summed E-state index contributed by atoms with van der Waals surface area (Å²) in [5, 5.41) is 21.1. The van der Waals surface area contributed by atoms with Crippen LogP contribution in [0.1, 0.15) is 59.8 Å². The highest BCUT2D eigenvalue weighted by Crippen LogP contribution is 2.70. The number of carbonyl (C=O) groups is 2. The summed E-state index contributed by atoms with van der Waals surface area (Å²) >= 11 is 0. The number of aliphatic hydroxyl groups excluding tert-OH is 2. The molecular weight excluding hydrogens is 396 g/mol. The fourth-order valence-corrected chi connectivity index (χ4v) is 8.21. The van der Waals surface area contributed by atoms with Gasteiger partial charge in [-0.25, -0.2) is 0 Å². The van der Waals surface area contributed by atoms with Gasteiger partial charge in [-0.2, -0.15) is 0 Å². The van der Waals surface area contributed by atoms with Crippen LogP contribution in [0.5, 0.6) is 0 Å². The van der Waals surface area contributed by atoms with Crippen LogP contribution in [0.15, 0.2) is 23.8 Å². The van der Waals surface area contributed by atoms with E-state index in [0.717, 1.165) is 18.4 Å². The number of fused-ring (bicyclic) bond motifs is 7. The van der Waals surface area contributed by atoms with Crippen LogP contribution in [0.2, 0.25) is 0 Å². The monoisotopic (exact) mass is 430 g/mol. The predicted molar refractivity (Wildman–Crippen MR) is 113 cm³/mol. The largest absolute Gasteiger partial charge is 0.396 e. The van der Waals surface area contributed by atoms with Gasteiger partial charge in [-0.1, -0.05) is 25.5 Å². The number of aliphatic hydroxyl groups is 2. The molecule has 170 valence electrons. The highest BCUT2D eigenvalue weighted by molar-refractivity contribution is 6.01.